The van der Waals surface area contributed by atoms with E-state index in [1.807, 2.05) is 6.07 Å². The number of likely N-dealkylation sites (N-methyl/N-ethyl adjacent to an activating group) is 1. The van der Waals surface area contributed by atoms with Gasteiger partial charge in [0.05, 0.1) is 6.61 Å². The Kier molecular flexibility index (Phi) is 3.79. The molecule has 0 fully saturated rings. The van der Waals surface area contributed by atoms with Crippen LogP contribution in [-0.2, 0) is 4.74 Å². The molecule has 1 unspecified atom stereocenters. The molecule has 0 bridgehead atoms. The molecule has 3 rings (SSSR count). The van der Waals surface area contributed by atoms with Crippen molar-refractivity contribution in [2.75, 3.05) is 13.2 Å². The number of aryl methyl sites for hydroxylation is 1. The van der Waals surface area contributed by atoms with E-state index in [-0.39, 0.29) is 6.04 Å². The largest absolute Gasteiger partial charge is 0.496 e. The highest BCUT2D eigenvalue weighted by molar-refractivity contribution is 5.78. The van der Waals surface area contributed by atoms with E-state index in [9.17, 15) is 0 Å². The molecule has 0 amide bonds. The summed E-state index contributed by atoms with van der Waals surface area (Å²) >= 11 is 0. The summed E-state index contributed by atoms with van der Waals surface area (Å²) in [6, 6.07) is 8.41. The molecule has 0 radical (unpaired) electrons. The number of nitrogens with one attached hydrogen (secondary N) is 1. The SMILES string of the molecule is CCNC(C1=CCCCO1)c1cc2cc(C)ccc2o1. The number of hydrogen-bond donors (Lipinski definition) is 1. The van der Waals surface area contributed by atoms with E-state index < -0.39 is 0 Å². The first-order valence-corrected chi connectivity index (χ1v) is 7.34. The molecule has 1 aliphatic rings. The molecule has 2 aromatic rings. The molecule has 1 aromatic heterocycles. The van der Waals surface area contributed by atoms with Crippen LogP contribution in [0.25, 0.3) is 11.0 Å². The lowest BCUT2D eigenvalue weighted by molar-refractivity contribution is 0.163. The van der Waals surface area contributed by atoms with Crippen molar-refractivity contribution < 1.29 is 9.15 Å². The Morgan fingerprint density at radius 2 is 2.20 bits per heavy atom. The first kappa shape index (κ1) is 13.3. The van der Waals surface area contributed by atoms with Gasteiger partial charge in [0.25, 0.3) is 0 Å². The van der Waals surface area contributed by atoms with Crippen LogP contribution in [0.1, 0.15) is 37.1 Å². The second-order valence-electron chi connectivity index (χ2n) is 5.28. The van der Waals surface area contributed by atoms with Gasteiger partial charge in [-0.1, -0.05) is 18.6 Å². The van der Waals surface area contributed by atoms with Gasteiger partial charge < -0.3 is 14.5 Å². The fourth-order valence-corrected chi connectivity index (χ4v) is 2.65. The predicted molar refractivity (Wildman–Crippen MR) is 80.6 cm³/mol. The monoisotopic (exact) mass is 271 g/mol. The molecule has 106 valence electrons. The van der Waals surface area contributed by atoms with E-state index in [1.54, 1.807) is 0 Å². The highest BCUT2D eigenvalue weighted by Gasteiger charge is 2.22. The zero-order valence-electron chi connectivity index (χ0n) is 12.1. The standard InChI is InChI=1S/C17H21NO2/c1-3-18-17(15-6-4-5-9-19-15)16-11-13-10-12(2)7-8-14(13)20-16/h6-8,10-11,17-18H,3-5,9H2,1-2H3. The smallest absolute Gasteiger partial charge is 0.134 e. The molecule has 20 heavy (non-hydrogen) atoms. The third-order valence-corrected chi connectivity index (χ3v) is 3.63. The average molecular weight is 271 g/mol. The molecule has 3 heteroatoms. The first-order valence-electron chi connectivity index (χ1n) is 7.34. The summed E-state index contributed by atoms with van der Waals surface area (Å²) in [7, 11) is 0. The maximum Gasteiger partial charge on any atom is 0.134 e. The minimum Gasteiger partial charge on any atom is -0.496 e. The minimum atomic E-state index is 0.0213. The molecule has 2 heterocycles. The van der Waals surface area contributed by atoms with E-state index in [2.05, 4.69) is 43.4 Å². The van der Waals surface area contributed by atoms with Crippen molar-refractivity contribution in [1.29, 1.82) is 0 Å². The van der Waals surface area contributed by atoms with Crippen LogP contribution in [0.3, 0.4) is 0 Å². The van der Waals surface area contributed by atoms with Gasteiger partial charge in [-0.25, -0.2) is 0 Å². The number of fused-ring (bicyclic) bond motifs is 1. The van der Waals surface area contributed by atoms with E-state index in [4.69, 9.17) is 9.15 Å². The molecule has 1 atom stereocenters. The summed E-state index contributed by atoms with van der Waals surface area (Å²) in [6.07, 6.45) is 4.35. The van der Waals surface area contributed by atoms with Crippen molar-refractivity contribution in [2.45, 2.75) is 32.7 Å². The molecule has 0 spiro atoms. The summed E-state index contributed by atoms with van der Waals surface area (Å²) in [4.78, 5) is 0. The Morgan fingerprint density at radius 1 is 1.30 bits per heavy atom. The highest BCUT2D eigenvalue weighted by Crippen LogP contribution is 2.31. The zero-order chi connectivity index (χ0) is 13.9. The van der Waals surface area contributed by atoms with E-state index in [0.717, 1.165) is 48.5 Å². The van der Waals surface area contributed by atoms with Crippen LogP contribution in [0.5, 0.6) is 0 Å². The van der Waals surface area contributed by atoms with Crippen LogP contribution in [0.4, 0.5) is 0 Å². The van der Waals surface area contributed by atoms with Crippen LogP contribution < -0.4 is 5.32 Å². The molecule has 1 aromatic carbocycles. The van der Waals surface area contributed by atoms with Crippen LogP contribution >= 0.6 is 0 Å². The molecule has 0 aliphatic carbocycles. The Morgan fingerprint density at radius 3 is 2.95 bits per heavy atom. The van der Waals surface area contributed by atoms with Crippen LogP contribution in [0.2, 0.25) is 0 Å². The topological polar surface area (TPSA) is 34.4 Å². The van der Waals surface area contributed by atoms with Crippen LogP contribution in [0.15, 0.2) is 40.5 Å². The second-order valence-corrected chi connectivity index (χ2v) is 5.28. The molecule has 1 aliphatic heterocycles. The summed E-state index contributed by atoms with van der Waals surface area (Å²) in [5.74, 6) is 1.93. The lowest BCUT2D eigenvalue weighted by Gasteiger charge is -2.22. The molecular formula is C17H21NO2. The quantitative estimate of drug-likeness (QED) is 0.909. The van der Waals surface area contributed by atoms with Crippen molar-refractivity contribution in [3.8, 4) is 0 Å². The van der Waals surface area contributed by atoms with Gasteiger partial charge in [-0.15, -0.1) is 0 Å². The fourth-order valence-electron chi connectivity index (χ4n) is 2.65. The number of allylic oxidation sites excluding steroid dienone is 1. The van der Waals surface area contributed by atoms with E-state index in [1.165, 1.54) is 5.56 Å². The number of rotatable bonds is 4. The summed E-state index contributed by atoms with van der Waals surface area (Å²) in [5, 5.41) is 4.61. The van der Waals surface area contributed by atoms with Gasteiger partial charge in [0.15, 0.2) is 0 Å². The van der Waals surface area contributed by atoms with E-state index in [0.29, 0.717) is 0 Å². The van der Waals surface area contributed by atoms with Gasteiger partial charge in [-0.05, 0) is 50.6 Å². The van der Waals surface area contributed by atoms with Gasteiger partial charge in [0.2, 0.25) is 0 Å². The average Bonchev–Trinajstić information content (AvgIpc) is 2.88. The normalized spacial score (nSPS) is 16.8. The van der Waals surface area contributed by atoms with Gasteiger partial charge >= 0.3 is 0 Å². The number of ether oxygens (including phenoxy) is 1. The van der Waals surface area contributed by atoms with Crippen LogP contribution in [0, 0.1) is 6.92 Å². The lowest BCUT2D eigenvalue weighted by atomic mass is 10.1. The number of benzene rings is 1. The van der Waals surface area contributed by atoms with Crippen molar-refractivity contribution in [1.82, 2.24) is 5.32 Å². The third kappa shape index (κ3) is 2.59. The molecule has 0 saturated heterocycles. The number of hydrogen-bond acceptors (Lipinski definition) is 3. The van der Waals surface area contributed by atoms with Crippen LogP contribution in [-0.4, -0.2) is 13.2 Å². The summed E-state index contributed by atoms with van der Waals surface area (Å²) < 4.78 is 11.8. The Labute approximate surface area is 119 Å². The Bertz CT molecular complexity index is 627. The van der Waals surface area contributed by atoms with Gasteiger partial charge in [0.1, 0.15) is 23.1 Å². The van der Waals surface area contributed by atoms with Crippen molar-refractivity contribution >= 4 is 11.0 Å². The predicted octanol–water partition coefficient (Wildman–Crippen LogP) is 4.09. The van der Waals surface area contributed by atoms with Crippen molar-refractivity contribution in [2.24, 2.45) is 0 Å². The van der Waals surface area contributed by atoms with E-state index >= 15 is 0 Å². The van der Waals surface area contributed by atoms with Gasteiger partial charge in [0, 0.05) is 5.39 Å². The minimum absolute atomic E-state index is 0.0213. The fraction of sp³-hybridized carbons (Fsp3) is 0.412. The maximum atomic E-state index is 6.01. The zero-order valence-corrected chi connectivity index (χ0v) is 12.1. The number of furan rings is 1. The summed E-state index contributed by atoms with van der Waals surface area (Å²) in [6.45, 7) is 5.87. The van der Waals surface area contributed by atoms with Gasteiger partial charge in [-0.2, -0.15) is 0 Å². The van der Waals surface area contributed by atoms with Crippen molar-refractivity contribution in [3.05, 3.63) is 47.4 Å². The maximum absolute atomic E-state index is 6.01. The first-order chi connectivity index (χ1) is 9.78. The lowest BCUT2D eigenvalue weighted by Crippen LogP contribution is -2.24. The molecule has 3 nitrogen and oxygen atoms in total. The highest BCUT2D eigenvalue weighted by atomic mass is 16.5. The van der Waals surface area contributed by atoms with Gasteiger partial charge in [-0.3, -0.25) is 0 Å². The Hall–Kier alpha value is -1.74. The third-order valence-electron chi connectivity index (χ3n) is 3.63. The molecule has 1 N–H and O–H groups in total. The Balaban J connectivity index is 1.98. The molecular weight excluding hydrogens is 250 g/mol. The summed E-state index contributed by atoms with van der Waals surface area (Å²) in [5.41, 5.74) is 2.18. The second kappa shape index (κ2) is 5.71. The van der Waals surface area contributed by atoms with Crippen molar-refractivity contribution in [3.63, 3.8) is 0 Å². The molecule has 0 saturated carbocycles.